The Hall–Kier alpha value is -0.330. The largest absolute Gasteiger partial charge is 0.522 e. The molecule has 1 aliphatic rings. The molecule has 0 heterocycles. The highest BCUT2D eigenvalue weighted by atomic mass is 19.4. The Morgan fingerprint density at radius 1 is 1.19 bits per heavy atom. The predicted molar refractivity (Wildman–Crippen MR) is 52.9 cm³/mol. The van der Waals surface area contributed by atoms with Gasteiger partial charge in [0.15, 0.2) is 0 Å². The van der Waals surface area contributed by atoms with Gasteiger partial charge in [-0.3, -0.25) is 4.74 Å². The van der Waals surface area contributed by atoms with E-state index in [1.165, 1.54) is 0 Å². The van der Waals surface area contributed by atoms with Crippen molar-refractivity contribution in [3.05, 3.63) is 0 Å². The van der Waals surface area contributed by atoms with Crippen molar-refractivity contribution < 1.29 is 23.0 Å². The van der Waals surface area contributed by atoms with Crippen LogP contribution in [0.3, 0.4) is 0 Å². The lowest BCUT2D eigenvalue weighted by Gasteiger charge is -2.32. The van der Waals surface area contributed by atoms with Crippen LogP contribution in [0.4, 0.5) is 13.2 Å². The molecule has 0 unspecified atom stereocenters. The van der Waals surface area contributed by atoms with Crippen LogP contribution in [0.25, 0.3) is 0 Å². The van der Waals surface area contributed by atoms with Gasteiger partial charge in [0, 0.05) is 13.1 Å². The van der Waals surface area contributed by atoms with E-state index in [0.29, 0.717) is 6.54 Å². The van der Waals surface area contributed by atoms with Crippen LogP contribution in [0.5, 0.6) is 0 Å². The van der Waals surface area contributed by atoms with Crippen LogP contribution in [-0.4, -0.2) is 36.8 Å². The van der Waals surface area contributed by atoms with Gasteiger partial charge in [-0.2, -0.15) is 0 Å². The first-order chi connectivity index (χ1) is 7.41. The van der Waals surface area contributed by atoms with Crippen molar-refractivity contribution in [1.82, 2.24) is 5.32 Å². The smallest absolute Gasteiger partial charge is 0.389 e. The van der Waals surface area contributed by atoms with Crippen LogP contribution in [0.15, 0.2) is 0 Å². The fourth-order valence-electron chi connectivity index (χ4n) is 1.95. The fraction of sp³-hybridized carbons (Fsp3) is 1.00. The third-order valence-electron chi connectivity index (χ3n) is 2.78. The van der Waals surface area contributed by atoms with Gasteiger partial charge in [0.2, 0.25) is 0 Å². The molecule has 0 bridgehead atoms. The Kier molecular flexibility index (Phi) is 5.01. The summed E-state index contributed by atoms with van der Waals surface area (Å²) in [4.78, 5) is 0. The maximum atomic E-state index is 11.6. The average molecular weight is 241 g/mol. The van der Waals surface area contributed by atoms with E-state index in [4.69, 9.17) is 0 Å². The summed E-state index contributed by atoms with van der Waals surface area (Å²) in [5.74, 6) is 0. The standard InChI is InChI=1S/C10H18F3NO2/c11-10(12,13)16-7-6-14-8-9(15)4-2-1-3-5-9/h14-15H,1-8H2. The van der Waals surface area contributed by atoms with Crippen molar-refractivity contribution in [3.63, 3.8) is 0 Å². The number of aliphatic hydroxyl groups is 1. The van der Waals surface area contributed by atoms with E-state index < -0.39 is 18.6 Å². The van der Waals surface area contributed by atoms with E-state index in [0.717, 1.165) is 32.1 Å². The van der Waals surface area contributed by atoms with Crippen molar-refractivity contribution in [3.8, 4) is 0 Å². The van der Waals surface area contributed by atoms with E-state index in [1.54, 1.807) is 0 Å². The zero-order valence-electron chi connectivity index (χ0n) is 9.15. The summed E-state index contributed by atoms with van der Waals surface area (Å²) in [5, 5.41) is 12.8. The zero-order valence-corrected chi connectivity index (χ0v) is 9.15. The molecular weight excluding hydrogens is 223 g/mol. The van der Waals surface area contributed by atoms with Gasteiger partial charge in [-0.1, -0.05) is 19.3 Å². The lowest BCUT2D eigenvalue weighted by Crippen LogP contribution is -2.43. The fourth-order valence-corrected chi connectivity index (χ4v) is 1.95. The normalized spacial score (nSPS) is 21.0. The lowest BCUT2D eigenvalue weighted by molar-refractivity contribution is -0.323. The number of hydrogen-bond acceptors (Lipinski definition) is 3. The molecule has 96 valence electrons. The van der Waals surface area contributed by atoms with Crippen molar-refractivity contribution in [2.75, 3.05) is 19.7 Å². The highest BCUT2D eigenvalue weighted by molar-refractivity contribution is 4.84. The summed E-state index contributed by atoms with van der Waals surface area (Å²) < 4.78 is 38.4. The molecule has 0 aliphatic heterocycles. The zero-order chi connectivity index (χ0) is 12.1. The molecule has 16 heavy (non-hydrogen) atoms. The first-order valence-corrected chi connectivity index (χ1v) is 5.55. The van der Waals surface area contributed by atoms with Crippen molar-refractivity contribution in [1.29, 1.82) is 0 Å². The Labute approximate surface area is 93.0 Å². The summed E-state index contributed by atoms with van der Waals surface area (Å²) in [6.45, 7) is 0.0234. The Morgan fingerprint density at radius 2 is 1.81 bits per heavy atom. The van der Waals surface area contributed by atoms with Crippen molar-refractivity contribution >= 4 is 0 Å². The number of nitrogens with one attached hydrogen (secondary N) is 1. The highest BCUT2D eigenvalue weighted by Gasteiger charge is 2.30. The van der Waals surface area contributed by atoms with Crippen molar-refractivity contribution in [2.45, 2.75) is 44.1 Å². The summed E-state index contributed by atoms with van der Waals surface area (Å²) in [5.41, 5.74) is -0.740. The third kappa shape index (κ3) is 5.67. The summed E-state index contributed by atoms with van der Waals surface area (Å²) in [6.07, 6.45) is -0.0301. The van der Waals surface area contributed by atoms with E-state index in [-0.39, 0.29) is 6.54 Å². The molecule has 0 aromatic carbocycles. The molecule has 2 N–H and O–H groups in total. The minimum Gasteiger partial charge on any atom is -0.389 e. The number of ether oxygens (including phenoxy) is 1. The molecule has 6 heteroatoms. The van der Waals surface area contributed by atoms with Gasteiger partial charge in [0.25, 0.3) is 0 Å². The predicted octanol–water partition coefficient (Wildman–Crippen LogP) is 1.81. The van der Waals surface area contributed by atoms with Crippen LogP contribution in [0, 0.1) is 0 Å². The van der Waals surface area contributed by atoms with Crippen molar-refractivity contribution in [2.24, 2.45) is 0 Å². The van der Waals surface area contributed by atoms with Gasteiger partial charge in [-0.25, -0.2) is 0 Å². The third-order valence-corrected chi connectivity index (χ3v) is 2.78. The molecular formula is C10H18F3NO2. The van der Waals surface area contributed by atoms with E-state index >= 15 is 0 Å². The Morgan fingerprint density at radius 3 is 2.38 bits per heavy atom. The van der Waals surface area contributed by atoms with Crippen LogP contribution in [-0.2, 0) is 4.74 Å². The second kappa shape index (κ2) is 5.84. The average Bonchev–Trinajstić information content (AvgIpc) is 2.16. The number of hydrogen-bond donors (Lipinski definition) is 2. The molecule has 1 rings (SSSR count). The minimum atomic E-state index is -4.57. The first kappa shape index (κ1) is 13.7. The van der Waals surface area contributed by atoms with E-state index in [2.05, 4.69) is 10.1 Å². The number of rotatable bonds is 5. The molecule has 0 aromatic heterocycles. The van der Waals surface area contributed by atoms with Gasteiger partial charge in [0.1, 0.15) is 0 Å². The summed E-state index contributed by atoms with van der Waals surface area (Å²) >= 11 is 0. The lowest BCUT2D eigenvalue weighted by atomic mass is 9.85. The molecule has 0 spiro atoms. The molecule has 0 atom stereocenters. The number of halogens is 3. The molecule has 0 aromatic rings. The summed E-state index contributed by atoms with van der Waals surface area (Å²) in [6, 6.07) is 0. The van der Waals surface area contributed by atoms with E-state index in [9.17, 15) is 18.3 Å². The number of alkyl halides is 3. The SMILES string of the molecule is OC1(CNCCOC(F)(F)F)CCCCC1. The Bertz CT molecular complexity index is 203. The van der Waals surface area contributed by atoms with Gasteiger partial charge in [0.05, 0.1) is 12.2 Å². The van der Waals surface area contributed by atoms with Crippen LogP contribution in [0.2, 0.25) is 0 Å². The summed E-state index contributed by atoms with van der Waals surface area (Å²) in [7, 11) is 0. The monoisotopic (exact) mass is 241 g/mol. The van der Waals surface area contributed by atoms with Gasteiger partial charge in [-0.15, -0.1) is 13.2 Å². The molecule has 0 saturated heterocycles. The molecule has 1 fully saturated rings. The van der Waals surface area contributed by atoms with Crippen LogP contribution >= 0.6 is 0 Å². The van der Waals surface area contributed by atoms with Crippen LogP contribution in [0.1, 0.15) is 32.1 Å². The molecule has 1 aliphatic carbocycles. The molecule has 0 radical (unpaired) electrons. The van der Waals surface area contributed by atoms with E-state index in [1.807, 2.05) is 0 Å². The Balaban J connectivity index is 2.06. The van der Waals surface area contributed by atoms with Gasteiger partial charge >= 0.3 is 6.36 Å². The molecule has 3 nitrogen and oxygen atoms in total. The first-order valence-electron chi connectivity index (χ1n) is 5.55. The second-order valence-electron chi connectivity index (χ2n) is 4.26. The maximum absolute atomic E-state index is 11.6. The van der Waals surface area contributed by atoms with Gasteiger partial charge < -0.3 is 10.4 Å². The van der Waals surface area contributed by atoms with Crippen LogP contribution < -0.4 is 5.32 Å². The molecule has 1 saturated carbocycles. The molecule has 0 amide bonds. The topological polar surface area (TPSA) is 41.5 Å². The quantitative estimate of drug-likeness (QED) is 0.721. The highest BCUT2D eigenvalue weighted by Crippen LogP contribution is 2.27. The van der Waals surface area contributed by atoms with Gasteiger partial charge in [-0.05, 0) is 12.8 Å². The second-order valence-corrected chi connectivity index (χ2v) is 4.26. The maximum Gasteiger partial charge on any atom is 0.522 e. The minimum absolute atomic E-state index is 0.0990.